The fourth-order valence-electron chi connectivity index (χ4n) is 8.49. The Labute approximate surface area is 316 Å². The molecule has 0 amide bonds. The molecule has 0 aliphatic heterocycles. The highest BCUT2D eigenvalue weighted by molar-refractivity contribution is 5.99. The third kappa shape index (κ3) is 5.43. The fraction of sp³-hybridized carbons (Fsp3) is 0.0385. The van der Waals surface area contributed by atoms with Crippen molar-refractivity contribution >= 4 is 28.0 Å². The van der Waals surface area contributed by atoms with Crippen molar-refractivity contribution in [2.75, 3.05) is 4.90 Å². The van der Waals surface area contributed by atoms with Crippen LogP contribution in [0, 0.1) is 0 Å². The van der Waals surface area contributed by atoms with Crippen LogP contribution in [0.15, 0.2) is 206 Å². The number of aromatic nitrogens is 1. The molecular weight excluding hydrogens is 653 g/mol. The van der Waals surface area contributed by atoms with Crippen molar-refractivity contribution in [2.24, 2.45) is 0 Å². The Balaban J connectivity index is 1.21. The maximum absolute atomic E-state index is 2.53. The van der Waals surface area contributed by atoms with Gasteiger partial charge in [-0.05, 0) is 77.1 Å². The molecule has 0 unspecified atom stereocenters. The van der Waals surface area contributed by atoms with Gasteiger partial charge in [0, 0.05) is 33.3 Å². The normalized spacial score (nSPS) is 11.9. The number of fused-ring (bicyclic) bond motifs is 5. The molecule has 1 aliphatic rings. The molecule has 0 fully saturated rings. The number of benzene rings is 8. The maximum atomic E-state index is 2.53. The van der Waals surface area contributed by atoms with Gasteiger partial charge in [-0.2, -0.15) is 0 Å². The second kappa shape index (κ2) is 13.6. The summed E-state index contributed by atoms with van der Waals surface area (Å²) in [5.41, 5.74) is 18.3. The number of anilines is 3. The van der Waals surface area contributed by atoms with Gasteiger partial charge in [0.2, 0.25) is 0 Å². The van der Waals surface area contributed by atoms with Crippen LogP contribution in [0.3, 0.4) is 0 Å². The Bertz CT molecular complexity index is 2760. The van der Waals surface area contributed by atoms with Crippen LogP contribution >= 0.6 is 0 Å². The molecular formula is C52H38N2. The van der Waals surface area contributed by atoms with E-state index in [-0.39, 0.29) is 0 Å². The maximum Gasteiger partial charge on any atom is 0.0576 e. The zero-order chi connectivity index (χ0) is 35.8. The van der Waals surface area contributed by atoms with E-state index in [9.17, 15) is 0 Å². The van der Waals surface area contributed by atoms with E-state index in [0.717, 1.165) is 29.9 Å². The van der Waals surface area contributed by atoms with Crippen LogP contribution in [0.1, 0.15) is 11.1 Å². The van der Waals surface area contributed by atoms with Gasteiger partial charge in [0.05, 0.1) is 28.3 Å². The van der Waals surface area contributed by atoms with Crippen LogP contribution in [-0.2, 0) is 12.8 Å². The molecule has 2 heteroatoms. The topological polar surface area (TPSA) is 8.17 Å². The van der Waals surface area contributed by atoms with E-state index >= 15 is 0 Å². The van der Waals surface area contributed by atoms with Gasteiger partial charge in [0.15, 0.2) is 0 Å². The highest BCUT2D eigenvalue weighted by Crippen LogP contribution is 2.48. The molecule has 0 radical (unpaired) electrons. The van der Waals surface area contributed by atoms with E-state index in [2.05, 4.69) is 216 Å². The Hall–Kier alpha value is -6.90. The van der Waals surface area contributed by atoms with Crippen LogP contribution in [0.2, 0.25) is 0 Å². The number of hydrogen-bond donors (Lipinski definition) is 0. The van der Waals surface area contributed by atoms with Gasteiger partial charge >= 0.3 is 0 Å². The Morgan fingerprint density at radius 2 is 0.907 bits per heavy atom. The molecule has 9 aromatic rings. The lowest BCUT2D eigenvalue weighted by Gasteiger charge is -2.30. The molecule has 1 aromatic heterocycles. The molecule has 2 nitrogen and oxygen atoms in total. The van der Waals surface area contributed by atoms with Crippen molar-refractivity contribution in [3.63, 3.8) is 0 Å². The van der Waals surface area contributed by atoms with E-state index < -0.39 is 0 Å². The fourth-order valence-corrected chi connectivity index (χ4v) is 8.49. The Morgan fingerprint density at radius 1 is 0.370 bits per heavy atom. The molecule has 256 valence electrons. The van der Waals surface area contributed by atoms with Crippen molar-refractivity contribution in [1.29, 1.82) is 0 Å². The summed E-state index contributed by atoms with van der Waals surface area (Å²) in [4.78, 5) is 2.45. The summed E-state index contributed by atoms with van der Waals surface area (Å²) in [6, 6.07) is 74.9. The SMILES string of the molecule is c1ccc(-c2ccc(N(c3ccccc3-c3ccccc3)c3ccccc3-c3ccccc3-n3c4c(c5ccccc53)CCc3ccccc3-4)cc2)cc1. The third-order valence-corrected chi connectivity index (χ3v) is 10.9. The Kier molecular flexibility index (Phi) is 8.00. The molecule has 1 aliphatic carbocycles. The smallest absolute Gasteiger partial charge is 0.0576 e. The highest BCUT2D eigenvalue weighted by atomic mass is 15.1. The van der Waals surface area contributed by atoms with E-state index in [1.165, 1.54) is 72.4 Å². The highest BCUT2D eigenvalue weighted by Gasteiger charge is 2.27. The van der Waals surface area contributed by atoms with Crippen LogP contribution in [0.4, 0.5) is 17.1 Å². The van der Waals surface area contributed by atoms with Crippen molar-refractivity contribution < 1.29 is 0 Å². The minimum Gasteiger partial charge on any atom is -0.309 e. The monoisotopic (exact) mass is 690 g/mol. The molecule has 10 rings (SSSR count). The largest absolute Gasteiger partial charge is 0.309 e. The van der Waals surface area contributed by atoms with Gasteiger partial charge in [-0.1, -0.05) is 170 Å². The van der Waals surface area contributed by atoms with Crippen LogP contribution in [-0.4, -0.2) is 4.57 Å². The number of hydrogen-bond acceptors (Lipinski definition) is 1. The summed E-state index contributed by atoms with van der Waals surface area (Å²) in [5.74, 6) is 0. The summed E-state index contributed by atoms with van der Waals surface area (Å²) in [5, 5.41) is 1.34. The van der Waals surface area contributed by atoms with Crippen LogP contribution < -0.4 is 4.90 Å². The van der Waals surface area contributed by atoms with Crippen LogP contribution in [0.25, 0.3) is 61.2 Å². The van der Waals surface area contributed by atoms with Gasteiger partial charge in [-0.3, -0.25) is 0 Å². The molecule has 8 aromatic carbocycles. The standard InChI is InChI=1S/C52H38N2/c1-3-17-37(18-4-1)38-31-34-41(35-32-38)53(48-27-13-9-22-42(48)39-19-5-2-6-20-39)49-28-14-10-24-44(49)45-25-11-15-29-50(45)54-51-30-16-12-26-46(51)47-36-33-40-21-7-8-23-43(40)52(47)54/h1-32,34-35H,33,36H2. The first-order valence-corrected chi connectivity index (χ1v) is 18.8. The van der Waals surface area contributed by atoms with Crippen molar-refractivity contribution in [3.05, 3.63) is 217 Å². The van der Waals surface area contributed by atoms with Crippen LogP contribution in [0.5, 0.6) is 0 Å². The minimum atomic E-state index is 1.03. The van der Waals surface area contributed by atoms with Gasteiger partial charge in [0.25, 0.3) is 0 Å². The first-order chi connectivity index (χ1) is 26.8. The lowest BCUT2D eigenvalue weighted by atomic mass is 9.89. The number of aryl methyl sites for hydroxylation is 2. The number of nitrogens with zero attached hydrogens (tertiary/aromatic N) is 2. The van der Waals surface area contributed by atoms with Gasteiger partial charge in [-0.15, -0.1) is 0 Å². The van der Waals surface area contributed by atoms with Crippen molar-refractivity contribution in [3.8, 4) is 50.3 Å². The Morgan fingerprint density at radius 3 is 1.67 bits per heavy atom. The average molecular weight is 691 g/mol. The van der Waals surface area contributed by atoms with E-state index in [1.54, 1.807) is 0 Å². The zero-order valence-electron chi connectivity index (χ0n) is 29.9. The van der Waals surface area contributed by atoms with Gasteiger partial charge in [0.1, 0.15) is 0 Å². The summed E-state index contributed by atoms with van der Waals surface area (Å²) in [6.45, 7) is 0. The second-order valence-corrected chi connectivity index (χ2v) is 14.0. The summed E-state index contributed by atoms with van der Waals surface area (Å²) < 4.78 is 2.53. The van der Waals surface area contributed by atoms with E-state index in [4.69, 9.17) is 0 Å². The number of rotatable bonds is 7. The molecule has 0 atom stereocenters. The second-order valence-electron chi connectivity index (χ2n) is 14.0. The summed E-state index contributed by atoms with van der Waals surface area (Å²) in [6.07, 6.45) is 2.09. The minimum absolute atomic E-state index is 1.03. The molecule has 0 bridgehead atoms. The molecule has 0 saturated carbocycles. The summed E-state index contributed by atoms with van der Waals surface area (Å²) >= 11 is 0. The molecule has 1 heterocycles. The van der Waals surface area contributed by atoms with Gasteiger partial charge in [-0.25, -0.2) is 0 Å². The quantitative estimate of drug-likeness (QED) is 0.162. The predicted molar refractivity (Wildman–Crippen MR) is 227 cm³/mol. The van der Waals surface area contributed by atoms with Crippen molar-refractivity contribution in [1.82, 2.24) is 4.57 Å². The summed E-state index contributed by atoms with van der Waals surface area (Å²) in [7, 11) is 0. The van der Waals surface area contributed by atoms with Crippen molar-refractivity contribution in [2.45, 2.75) is 12.8 Å². The lowest BCUT2D eigenvalue weighted by molar-refractivity contribution is 0.934. The third-order valence-electron chi connectivity index (χ3n) is 10.9. The molecule has 0 N–H and O–H groups in total. The van der Waals surface area contributed by atoms with E-state index in [1.807, 2.05) is 0 Å². The zero-order valence-corrected chi connectivity index (χ0v) is 29.9. The van der Waals surface area contributed by atoms with Gasteiger partial charge < -0.3 is 9.47 Å². The first kappa shape index (κ1) is 31.8. The first-order valence-electron chi connectivity index (χ1n) is 18.8. The lowest BCUT2D eigenvalue weighted by Crippen LogP contribution is -2.13. The average Bonchev–Trinajstić information content (AvgIpc) is 3.60. The number of para-hydroxylation sites is 4. The van der Waals surface area contributed by atoms with E-state index in [0.29, 0.717) is 0 Å². The molecule has 0 saturated heterocycles. The predicted octanol–water partition coefficient (Wildman–Crippen LogP) is 13.9. The molecule has 0 spiro atoms. The molecule has 54 heavy (non-hydrogen) atoms.